The SMILES string of the molecule is O=CC1NC2CCCCC2NC1O. The van der Waals surface area contributed by atoms with Gasteiger partial charge in [0.2, 0.25) is 0 Å². The third-order valence-electron chi connectivity index (χ3n) is 3.04. The Bertz CT molecular complexity index is 198. The van der Waals surface area contributed by atoms with Gasteiger partial charge < -0.3 is 15.2 Å². The molecule has 1 saturated heterocycles. The zero-order chi connectivity index (χ0) is 9.26. The first-order valence-electron chi connectivity index (χ1n) is 4.97. The van der Waals surface area contributed by atoms with Gasteiger partial charge in [-0.1, -0.05) is 12.8 Å². The summed E-state index contributed by atoms with van der Waals surface area (Å²) < 4.78 is 0. The molecule has 13 heavy (non-hydrogen) atoms. The average Bonchev–Trinajstić information content (AvgIpc) is 2.17. The van der Waals surface area contributed by atoms with Crippen LogP contribution in [0.15, 0.2) is 0 Å². The van der Waals surface area contributed by atoms with E-state index in [0.717, 1.165) is 19.1 Å². The number of nitrogens with one attached hydrogen (secondary N) is 2. The van der Waals surface area contributed by atoms with Gasteiger partial charge in [0.15, 0.2) is 0 Å². The summed E-state index contributed by atoms with van der Waals surface area (Å²) in [5.41, 5.74) is 0. The zero-order valence-electron chi connectivity index (χ0n) is 7.57. The molecule has 1 heterocycles. The molecule has 0 aromatic heterocycles. The largest absolute Gasteiger partial charge is 0.376 e. The number of hydrogen-bond acceptors (Lipinski definition) is 4. The van der Waals surface area contributed by atoms with Gasteiger partial charge in [-0.05, 0) is 12.8 Å². The van der Waals surface area contributed by atoms with Crippen LogP contribution in [0.4, 0.5) is 0 Å². The fourth-order valence-corrected chi connectivity index (χ4v) is 2.30. The van der Waals surface area contributed by atoms with E-state index in [1.165, 1.54) is 12.8 Å². The fraction of sp³-hybridized carbons (Fsp3) is 0.889. The van der Waals surface area contributed by atoms with Gasteiger partial charge in [0.25, 0.3) is 0 Å². The molecular formula is C9H16N2O2. The summed E-state index contributed by atoms with van der Waals surface area (Å²) in [5.74, 6) is 0. The van der Waals surface area contributed by atoms with Crippen LogP contribution in [-0.2, 0) is 4.79 Å². The van der Waals surface area contributed by atoms with Crippen LogP contribution in [-0.4, -0.2) is 35.7 Å². The first kappa shape index (κ1) is 9.12. The van der Waals surface area contributed by atoms with Crippen molar-refractivity contribution < 1.29 is 9.90 Å². The van der Waals surface area contributed by atoms with Gasteiger partial charge in [-0.25, -0.2) is 0 Å². The number of aliphatic hydroxyl groups excluding tert-OH is 1. The number of fused-ring (bicyclic) bond motifs is 1. The van der Waals surface area contributed by atoms with E-state index in [2.05, 4.69) is 10.6 Å². The summed E-state index contributed by atoms with van der Waals surface area (Å²) in [6.07, 6.45) is 4.71. The predicted molar refractivity (Wildman–Crippen MR) is 48.2 cm³/mol. The van der Waals surface area contributed by atoms with Crippen molar-refractivity contribution in [2.45, 2.75) is 50.0 Å². The van der Waals surface area contributed by atoms with Crippen molar-refractivity contribution >= 4 is 6.29 Å². The highest BCUT2D eigenvalue weighted by Gasteiger charge is 2.35. The molecule has 2 rings (SSSR count). The van der Waals surface area contributed by atoms with E-state index in [1.54, 1.807) is 0 Å². The fourth-order valence-electron chi connectivity index (χ4n) is 2.30. The van der Waals surface area contributed by atoms with Crippen molar-refractivity contribution in [2.24, 2.45) is 0 Å². The van der Waals surface area contributed by atoms with Crippen molar-refractivity contribution in [2.75, 3.05) is 0 Å². The maximum absolute atomic E-state index is 10.6. The average molecular weight is 184 g/mol. The Morgan fingerprint density at radius 1 is 1.15 bits per heavy atom. The molecule has 1 saturated carbocycles. The lowest BCUT2D eigenvalue weighted by Gasteiger charge is -2.42. The van der Waals surface area contributed by atoms with E-state index in [9.17, 15) is 9.90 Å². The quantitative estimate of drug-likeness (QED) is 0.475. The molecule has 4 nitrogen and oxygen atoms in total. The Kier molecular flexibility index (Phi) is 2.62. The molecule has 4 unspecified atom stereocenters. The third-order valence-corrected chi connectivity index (χ3v) is 3.04. The zero-order valence-corrected chi connectivity index (χ0v) is 7.57. The van der Waals surface area contributed by atoms with Crippen LogP contribution < -0.4 is 10.6 Å². The van der Waals surface area contributed by atoms with Crippen molar-refractivity contribution in [3.8, 4) is 0 Å². The molecule has 0 amide bonds. The van der Waals surface area contributed by atoms with Gasteiger partial charge in [0.1, 0.15) is 18.6 Å². The van der Waals surface area contributed by atoms with E-state index in [4.69, 9.17) is 0 Å². The molecule has 0 radical (unpaired) electrons. The Morgan fingerprint density at radius 3 is 2.38 bits per heavy atom. The lowest BCUT2D eigenvalue weighted by molar-refractivity contribution is -0.114. The van der Waals surface area contributed by atoms with Gasteiger partial charge in [-0.2, -0.15) is 0 Å². The molecule has 74 valence electrons. The summed E-state index contributed by atoms with van der Waals surface area (Å²) in [4.78, 5) is 10.6. The Labute approximate surface area is 77.7 Å². The highest BCUT2D eigenvalue weighted by atomic mass is 16.3. The lowest BCUT2D eigenvalue weighted by Crippen LogP contribution is -2.67. The molecular weight excluding hydrogens is 168 g/mol. The van der Waals surface area contributed by atoms with Crippen molar-refractivity contribution in [3.05, 3.63) is 0 Å². The maximum Gasteiger partial charge on any atom is 0.140 e. The van der Waals surface area contributed by atoms with Crippen molar-refractivity contribution in [1.82, 2.24) is 10.6 Å². The molecule has 1 aliphatic heterocycles. The second kappa shape index (κ2) is 3.74. The van der Waals surface area contributed by atoms with E-state index in [1.807, 2.05) is 0 Å². The number of hydrogen-bond donors (Lipinski definition) is 3. The van der Waals surface area contributed by atoms with Crippen molar-refractivity contribution in [3.63, 3.8) is 0 Å². The van der Waals surface area contributed by atoms with E-state index >= 15 is 0 Å². The maximum atomic E-state index is 10.6. The molecule has 0 aromatic rings. The van der Waals surface area contributed by atoms with Gasteiger partial charge in [-0.3, -0.25) is 5.32 Å². The van der Waals surface area contributed by atoms with Gasteiger partial charge in [-0.15, -0.1) is 0 Å². The molecule has 4 atom stereocenters. The van der Waals surface area contributed by atoms with Crippen LogP contribution in [0.1, 0.15) is 25.7 Å². The second-order valence-corrected chi connectivity index (χ2v) is 3.94. The van der Waals surface area contributed by atoms with E-state index in [0.29, 0.717) is 12.1 Å². The molecule has 2 aliphatic rings. The number of aliphatic hydroxyl groups is 1. The number of carbonyl (C=O) groups excluding carboxylic acids is 1. The number of carbonyl (C=O) groups is 1. The minimum absolute atomic E-state index is 0.347. The summed E-state index contributed by atoms with van der Waals surface area (Å²) in [6, 6.07) is 0.284. The number of rotatable bonds is 1. The Balaban J connectivity index is 2.00. The predicted octanol–water partition coefficient (Wildman–Crippen LogP) is -0.624. The highest BCUT2D eigenvalue weighted by molar-refractivity contribution is 5.59. The van der Waals surface area contributed by atoms with Crippen LogP contribution in [0.3, 0.4) is 0 Å². The molecule has 0 bridgehead atoms. The summed E-state index contributed by atoms with van der Waals surface area (Å²) >= 11 is 0. The Morgan fingerprint density at radius 2 is 1.77 bits per heavy atom. The molecule has 2 fully saturated rings. The van der Waals surface area contributed by atoms with Crippen molar-refractivity contribution in [1.29, 1.82) is 0 Å². The molecule has 0 aromatic carbocycles. The Hall–Kier alpha value is -0.450. The first-order valence-corrected chi connectivity index (χ1v) is 4.97. The monoisotopic (exact) mass is 184 g/mol. The van der Waals surface area contributed by atoms with Crippen LogP contribution in [0.2, 0.25) is 0 Å². The van der Waals surface area contributed by atoms with Gasteiger partial charge in [0.05, 0.1) is 0 Å². The molecule has 1 aliphatic carbocycles. The molecule has 0 spiro atoms. The highest BCUT2D eigenvalue weighted by Crippen LogP contribution is 2.22. The lowest BCUT2D eigenvalue weighted by atomic mass is 9.87. The van der Waals surface area contributed by atoms with Crippen LogP contribution >= 0.6 is 0 Å². The van der Waals surface area contributed by atoms with E-state index < -0.39 is 12.3 Å². The summed E-state index contributed by atoms with van der Waals surface area (Å²) in [5, 5.41) is 15.8. The topological polar surface area (TPSA) is 61.4 Å². The smallest absolute Gasteiger partial charge is 0.140 e. The van der Waals surface area contributed by atoms with Crippen LogP contribution in [0.25, 0.3) is 0 Å². The van der Waals surface area contributed by atoms with Gasteiger partial charge in [0, 0.05) is 12.1 Å². The van der Waals surface area contributed by atoms with E-state index in [-0.39, 0.29) is 0 Å². The molecule has 4 heteroatoms. The molecule has 3 N–H and O–H groups in total. The van der Waals surface area contributed by atoms with Gasteiger partial charge >= 0.3 is 0 Å². The van der Waals surface area contributed by atoms with Crippen LogP contribution in [0.5, 0.6) is 0 Å². The number of piperazine rings is 1. The first-order chi connectivity index (χ1) is 6.31. The standard InChI is InChI=1S/C9H16N2O2/c12-5-8-9(13)11-7-4-2-1-3-6(7)10-8/h5-11,13H,1-4H2. The third kappa shape index (κ3) is 1.75. The minimum atomic E-state index is -0.711. The van der Waals surface area contributed by atoms with Crippen LogP contribution in [0, 0.1) is 0 Å². The second-order valence-electron chi connectivity index (χ2n) is 3.94. The summed E-state index contributed by atoms with van der Waals surface area (Å²) in [6.45, 7) is 0. The normalized spacial score (nSPS) is 45.3. The summed E-state index contributed by atoms with van der Waals surface area (Å²) in [7, 11) is 0. The number of aldehydes is 1. The minimum Gasteiger partial charge on any atom is -0.376 e.